The zero-order chi connectivity index (χ0) is 12.5. The fraction of sp³-hybridized carbons (Fsp3) is 0. The van der Waals surface area contributed by atoms with Gasteiger partial charge in [0.05, 0.1) is 6.33 Å². The minimum atomic E-state index is 0.125. The molecule has 90 valence electrons. The highest BCUT2D eigenvalue weighted by atomic mass is 35.5. The Labute approximate surface area is 110 Å². The average Bonchev–Trinajstić information content (AvgIpc) is 2.76. The summed E-state index contributed by atoms with van der Waals surface area (Å²) in [4.78, 5) is 23.1. The summed E-state index contributed by atoms with van der Waals surface area (Å²) in [6.07, 6.45) is 3.00. The number of nitrogens with zero attached hydrogens (tertiary/aromatic N) is 5. The summed E-state index contributed by atoms with van der Waals surface area (Å²) in [6.45, 7) is 0. The zero-order valence-electron chi connectivity index (χ0n) is 8.83. The number of fused-ring (bicyclic) bond motifs is 1. The van der Waals surface area contributed by atoms with E-state index in [4.69, 9.17) is 17.3 Å². The standard InChI is InChI=1S/C9H6ClN7S/c10-4-1-5(17-9(11)16-4)18-8-6-7(13-2-12-6)14-3-15-8/h1-3H,(H2,11,16,17)(H,12,13,14,15). The van der Waals surface area contributed by atoms with E-state index in [-0.39, 0.29) is 5.95 Å². The molecule has 0 aliphatic carbocycles. The summed E-state index contributed by atoms with van der Waals surface area (Å²) >= 11 is 7.13. The summed E-state index contributed by atoms with van der Waals surface area (Å²) < 4.78 is 0. The molecule has 0 aliphatic heterocycles. The van der Waals surface area contributed by atoms with Crippen LogP contribution in [0.25, 0.3) is 11.2 Å². The van der Waals surface area contributed by atoms with Crippen molar-refractivity contribution in [2.75, 3.05) is 5.73 Å². The highest BCUT2D eigenvalue weighted by Crippen LogP contribution is 2.29. The molecule has 0 spiro atoms. The molecule has 18 heavy (non-hydrogen) atoms. The van der Waals surface area contributed by atoms with E-state index in [1.807, 2.05) is 0 Å². The number of nitrogen functional groups attached to an aromatic ring is 1. The lowest BCUT2D eigenvalue weighted by atomic mass is 10.6. The van der Waals surface area contributed by atoms with Gasteiger partial charge < -0.3 is 10.7 Å². The van der Waals surface area contributed by atoms with Gasteiger partial charge in [-0.05, 0) is 11.8 Å². The summed E-state index contributed by atoms with van der Waals surface area (Å²) in [6, 6.07) is 1.62. The number of aromatic amines is 1. The Morgan fingerprint density at radius 3 is 2.94 bits per heavy atom. The molecule has 0 radical (unpaired) electrons. The Morgan fingerprint density at radius 2 is 2.11 bits per heavy atom. The fourth-order valence-electron chi connectivity index (χ4n) is 1.39. The predicted octanol–water partition coefficient (Wildman–Crippen LogP) is 1.53. The number of nitrogens with one attached hydrogen (secondary N) is 1. The monoisotopic (exact) mass is 279 g/mol. The van der Waals surface area contributed by atoms with Crippen LogP contribution in [0.4, 0.5) is 5.95 Å². The van der Waals surface area contributed by atoms with E-state index in [0.29, 0.717) is 20.9 Å². The molecule has 9 heteroatoms. The second-order valence-electron chi connectivity index (χ2n) is 3.27. The second kappa shape index (κ2) is 4.39. The third-order valence-electron chi connectivity index (χ3n) is 2.08. The van der Waals surface area contributed by atoms with Crippen LogP contribution in [0.5, 0.6) is 0 Å². The highest BCUT2D eigenvalue weighted by molar-refractivity contribution is 7.99. The summed E-state index contributed by atoms with van der Waals surface area (Å²) in [5.41, 5.74) is 6.88. The fourth-order valence-corrected chi connectivity index (χ4v) is 2.50. The molecule has 0 atom stereocenters. The van der Waals surface area contributed by atoms with Gasteiger partial charge in [0.2, 0.25) is 5.95 Å². The molecule has 0 amide bonds. The Kier molecular flexibility index (Phi) is 2.73. The lowest BCUT2D eigenvalue weighted by Gasteiger charge is -2.02. The van der Waals surface area contributed by atoms with E-state index < -0.39 is 0 Å². The van der Waals surface area contributed by atoms with Gasteiger partial charge in [-0.2, -0.15) is 0 Å². The molecule has 0 unspecified atom stereocenters. The van der Waals surface area contributed by atoms with Crippen LogP contribution < -0.4 is 5.73 Å². The smallest absolute Gasteiger partial charge is 0.222 e. The van der Waals surface area contributed by atoms with Crippen LogP contribution in [0, 0.1) is 0 Å². The van der Waals surface area contributed by atoms with E-state index in [9.17, 15) is 0 Å². The molecule has 0 aliphatic rings. The Bertz CT molecular complexity index is 693. The molecule has 0 saturated carbocycles. The first-order valence-electron chi connectivity index (χ1n) is 4.84. The van der Waals surface area contributed by atoms with Crippen LogP contribution >= 0.6 is 23.4 Å². The van der Waals surface area contributed by atoms with Crippen molar-refractivity contribution in [2.24, 2.45) is 0 Å². The molecule has 3 rings (SSSR count). The number of imidazole rings is 1. The quantitative estimate of drug-likeness (QED) is 0.685. The maximum Gasteiger partial charge on any atom is 0.222 e. The first-order chi connectivity index (χ1) is 8.72. The third kappa shape index (κ3) is 2.07. The molecule has 3 N–H and O–H groups in total. The minimum absolute atomic E-state index is 0.125. The van der Waals surface area contributed by atoms with Crippen molar-refractivity contribution in [3.63, 3.8) is 0 Å². The average molecular weight is 280 g/mol. The van der Waals surface area contributed by atoms with Crippen molar-refractivity contribution < 1.29 is 0 Å². The van der Waals surface area contributed by atoms with Crippen LogP contribution in [-0.4, -0.2) is 29.9 Å². The van der Waals surface area contributed by atoms with Crippen molar-refractivity contribution in [3.05, 3.63) is 23.9 Å². The zero-order valence-corrected chi connectivity index (χ0v) is 10.4. The van der Waals surface area contributed by atoms with Gasteiger partial charge in [-0.1, -0.05) is 11.6 Å². The van der Waals surface area contributed by atoms with Crippen LogP contribution in [0.2, 0.25) is 5.15 Å². The van der Waals surface area contributed by atoms with Gasteiger partial charge in [0.25, 0.3) is 0 Å². The molecule has 3 aromatic rings. The van der Waals surface area contributed by atoms with E-state index in [1.54, 1.807) is 12.4 Å². The number of anilines is 1. The van der Waals surface area contributed by atoms with E-state index in [0.717, 1.165) is 5.52 Å². The van der Waals surface area contributed by atoms with Gasteiger partial charge in [0.15, 0.2) is 5.65 Å². The normalized spacial score (nSPS) is 10.9. The van der Waals surface area contributed by atoms with Gasteiger partial charge >= 0.3 is 0 Å². The predicted molar refractivity (Wildman–Crippen MR) is 67.3 cm³/mol. The molecule has 0 saturated heterocycles. The lowest BCUT2D eigenvalue weighted by Crippen LogP contribution is -1.96. The number of H-pyrrole nitrogens is 1. The summed E-state index contributed by atoms with van der Waals surface area (Å²) in [5.74, 6) is 0.125. The van der Waals surface area contributed by atoms with E-state index in [2.05, 4.69) is 29.9 Å². The van der Waals surface area contributed by atoms with Crippen molar-refractivity contribution in [3.8, 4) is 0 Å². The largest absolute Gasteiger partial charge is 0.368 e. The van der Waals surface area contributed by atoms with Gasteiger partial charge in [-0.3, -0.25) is 0 Å². The Morgan fingerprint density at radius 1 is 1.22 bits per heavy atom. The maximum absolute atomic E-state index is 5.82. The molecule has 0 bridgehead atoms. The molecule has 0 fully saturated rings. The Hall–Kier alpha value is -1.93. The van der Waals surface area contributed by atoms with Crippen molar-refractivity contribution >= 4 is 40.5 Å². The number of hydrogen-bond donors (Lipinski definition) is 2. The third-order valence-corrected chi connectivity index (χ3v) is 3.19. The SMILES string of the molecule is Nc1nc(Cl)cc(Sc2ncnc3nc[nH]c23)n1. The topological polar surface area (TPSA) is 106 Å². The first-order valence-corrected chi connectivity index (χ1v) is 6.04. The Balaban J connectivity index is 2.03. The molecule has 0 aromatic carbocycles. The van der Waals surface area contributed by atoms with Crippen molar-refractivity contribution in [2.45, 2.75) is 10.1 Å². The van der Waals surface area contributed by atoms with Crippen LogP contribution in [0.1, 0.15) is 0 Å². The number of aromatic nitrogens is 6. The van der Waals surface area contributed by atoms with Crippen LogP contribution in [-0.2, 0) is 0 Å². The van der Waals surface area contributed by atoms with Crippen LogP contribution in [0.15, 0.2) is 28.8 Å². The summed E-state index contributed by atoms with van der Waals surface area (Å²) in [7, 11) is 0. The maximum atomic E-state index is 5.82. The molecule has 7 nitrogen and oxygen atoms in total. The lowest BCUT2D eigenvalue weighted by molar-refractivity contribution is 1.04. The van der Waals surface area contributed by atoms with Gasteiger partial charge in [-0.25, -0.2) is 24.9 Å². The van der Waals surface area contributed by atoms with Gasteiger partial charge in [-0.15, -0.1) is 0 Å². The molecule has 3 aromatic heterocycles. The number of nitrogens with two attached hydrogens (primary N) is 1. The minimum Gasteiger partial charge on any atom is -0.368 e. The number of hydrogen-bond acceptors (Lipinski definition) is 7. The molecule has 3 heterocycles. The van der Waals surface area contributed by atoms with Gasteiger partial charge in [0.1, 0.15) is 27.0 Å². The number of rotatable bonds is 2. The summed E-state index contributed by atoms with van der Waals surface area (Å²) in [5, 5.41) is 1.61. The van der Waals surface area contributed by atoms with Crippen molar-refractivity contribution in [1.29, 1.82) is 0 Å². The highest BCUT2D eigenvalue weighted by Gasteiger charge is 2.09. The second-order valence-corrected chi connectivity index (χ2v) is 4.67. The molecular weight excluding hydrogens is 274 g/mol. The first kappa shape index (κ1) is 11.2. The molecular formula is C9H6ClN7S. The number of halogens is 1. The van der Waals surface area contributed by atoms with Crippen molar-refractivity contribution in [1.82, 2.24) is 29.9 Å². The van der Waals surface area contributed by atoms with E-state index in [1.165, 1.54) is 18.1 Å². The van der Waals surface area contributed by atoms with Gasteiger partial charge in [0, 0.05) is 6.07 Å². The van der Waals surface area contributed by atoms with E-state index >= 15 is 0 Å². The van der Waals surface area contributed by atoms with Crippen LogP contribution in [0.3, 0.4) is 0 Å².